The van der Waals surface area contributed by atoms with Gasteiger partial charge in [0.15, 0.2) is 0 Å². The van der Waals surface area contributed by atoms with Crippen molar-refractivity contribution in [2.75, 3.05) is 0 Å². The SMILES string of the molecule is Cc1cccc([C@@H](N)CC(=O)OC(C)(C)C)c1C. The molecule has 0 heterocycles. The lowest BCUT2D eigenvalue weighted by Crippen LogP contribution is -2.26. The number of aryl methyl sites for hydroxylation is 1. The molecule has 1 aromatic carbocycles. The summed E-state index contributed by atoms with van der Waals surface area (Å²) in [5.41, 5.74) is 8.97. The summed E-state index contributed by atoms with van der Waals surface area (Å²) >= 11 is 0. The first-order chi connectivity index (χ1) is 8.20. The van der Waals surface area contributed by atoms with Crippen LogP contribution in [0.2, 0.25) is 0 Å². The molecule has 0 radical (unpaired) electrons. The maximum absolute atomic E-state index is 11.7. The van der Waals surface area contributed by atoms with E-state index in [9.17, 15) is 4.79 Å². The Balaban J connectivity index is 2.74. The molecule has 1 aromatic rings. The molecule has 3 nitrogen and oxygen atoms in total. The average Bonchev–Trinajstić information content (AvgIpc) is 2.18. The Morgan fingerprint density at radius 3 is 2.50 bits per heavy atom. The molecular weight excluding hydrogens is 226 g/mol. The summed E-state index contributed by atoms with van der Waals surface area (Å²) in [5.74, 6) is -0.254. The predicted molar refractivity (Wildman–Crippen MR) is 73.3 cm³/mol. The van der Waals surface area contributed by atoms with Crippen LogP contribution in [-0.4, -0.2) is 11.6 Å². The van der Waals surface area contributed by atoms with Gasteiger partial charge in [-0.3, -0.25) is 4.79 Å². The summed E-state index contributed by atoms with van der Waals surface area (Å²) < 4.78 is 5.28. The van der Waals surface area contributed by atoms with E-state index in [2.05, 4.69) is 0 Å². The molecule has 0 aliphatic carbocycles. The lowest BCUT2D eigenvalue weighted by Gasteiger charge is -2.21. The third-order valence-electron chi connectivity index (χ3n) is 2.85. The van der Waals surface area contributed by atoms with E-state index in [1.807, 2.05) is 52.8 Å². The Morgan fingerprint density at radius 1 is 1.33 bits per heavy atom. The standard InChI is InChI=1S/C15H23NO2/c1-10-7-6-8-12(11(10)2)13(16)9-14(17)18-15(3,4)5/h6-8,13H,9,16H2,1-5H3/t13-/m0/s1. The van der Waals surface area contributed by atoms with E-state index in [0.717, 1.165) is 11.1 Å². The molecule has 0 spiro atoms. The molecular formula is C15H23NO2. The van der Waals surface area contributed by atoms with Crippen LogP contribution in [0.4, 0.5) is 0 Å². The van der Waals surface area contributed by atoms with Crippen molar-refractivity contribution in [1.29, 1.82) is 0 Å². The fourth-order valence-corrected chi connectivity index (χ4v) is 1.85. The fraction of sp³-hybridized carbons (Fsp3) is 0.533. The molecule has 0 unspecified atom stereocenters. The van der Waals surface area contributed by atoms with Gasteiger partial charge < -0.3 is 10.5 Å². The lowest BCUT2D eigenvalue weighted by atomic mass is 9.96. The van der Waals surface area contributed by atoms with E-state index in [1.165, 1.54) is 5.56 Å². The van der Waals surface area contributed by atoms with Gasteiger partial charge in [0, 0.05) is 6.04 Å². The Labute approximate surface area is 109 Å². The third-order valence-corrected chi connectivity index (χ3v) is 2.85. The second kappa shape index (κ2) is 5.53. The molecule has 3 heteroatoms. The van der Waals surface area contributed by atoms with E-state index >= 15 is 0 Å². The average molecular weight is 249 g/mol. The number of carbonyl (C=O) groups is 1. The molecule has 1 atom stereocenters. The first-order valence-corrected chi connectivity index (χ1v) is 6.24. The second-order valence-electron chi connectivity index (χ2n) is 5.69. The van der Waals surface area contributed by atoms with Crippen molar-refractivity contribution in [3.8, 4) is 0 Å². The van der Waals surface area contributed by atoms with Crippen molar-refractivity contribution < 1.29 is 9.53 Å². The van der Waals surface area contributed by atoms with Gasteiger partial charge in [-0.05, 0) is 51.3 Å². The van der Waals surface area contributed by atoms with Crippen molar-refractivity contribution in [3.63, 3.8) is 0 Å². The monoisotopic (exact) mass is 249 g/mol. The van der Waals surface area contributed by atoms with Crippen molar-refractivity contribution >= 4 is 5.97 Å². The van der Waals surface area contributed by atoms with Crippen molar-refractivity contribution in [1.82, 2.24) is 0 Å². The normalized spacial score (nSPS) is 13.2. The second-order valence-corrected chi connectivity index (χ2v) is 5.69. The Bertz CT molecular complexity index is 433. The zero-order valence-electron chi connectivity index (χ0n) is 11.9. The molecule has 2 N–H and O–H groups in total. The van der Waals surface area contributed by atoms with Gasteiger partial charge in [0.05, 0.1) is 6.42 Å². The van der Waals surface area contributed by atoms with Crippen molar-refractivity contribution in [2.24, 2.45) is 5.73 Å². The van der Waals surface area contributed by atoms with Crippen LogP contribution in [0.3, 0.4) is 0 Å². The highest BCUT2D eigenvalue weighted by Crippen LogP contribution is 2.22. The predicted octanol–water partition coefficient (Wildman–Crippen LogP) is 3.04. The molecule has 0 fully saturated rings. The highest BCUT2D eigenvalue weighted by Gasteiger charge is 2.20. The largest absolute Gasteiger partial charge is 0.460 e. The number of nitrogens with two attached hydrogens (primary N) is 1. The molecule has 0 aliphatic heterocycles. The van der Waals surface area contributed by atoms with E-state index in [4.69, 9.17) is 10.5 Å². The van der Waals surface area contributed by atoms with Crippen LogP contribution in [-0.2, 0) is 9.53 Å². The molecule has 18 heavy (non-hydrogen) atoms. The third kappa shape index (κ3) is 4.15. The maximum Gasteiger partial charge on any atom is 0.308 e. The van der Waals surface area contributed by atoms with Gasteiger partial charge in [-0.1, -0.05) is 18.2 Å². The van der Waals surface area contributed by atoms with E-state index < -0.39 is 5.60 Å². The van der Waals surface area contributed by atoms with Crippen LogP contribution in [0, 0.1) is 13.8 Å². The van der Waals surface area contributed by atoms with Crippen LogP contribution in [0.1, 0.15) is 49.9 Å². The van der Waals surface area contributed by atoms with E-state index in [1.54, 1.807) is 0 Å². The topological polar surface area (TPSA) is 52.3 Å². The Kier molecular flexibility index (Phi) is 4.52. The van der Waals surface area contributed by atoms with E-state index in [-0.39, 0.29) is 18.4 Å². The van der Waals surface area contributed by atoms with Crippen LogP contribution in [0.25, 0.3) is 0 Å². The summed E-state index contributed by atoms with van der Waals surface area (Å²) in [6, 6.07) is 5.67. The molecule has 0 bridgehead atoms. The number of hydrogen-bond donors (Lipinski definition) is 1. The van der Waals surface area contributed by atoms with Crippen LogP contribution in [0.15, 0.2) is 18.2 Å². The Morgan fingerprint density at radius 2 is 1.94 bits per heavy atom. The molecule has 0 amide bonds. The van der Waals surface area contributed by atoms with Gasteiger partial charge in [0.1, 0.15) is 5.60 Å². The minimum Gasteiger partial charge on any atom is -0.460 e. The van der Waals surface area contributed by atoms with Crippen LogP contribution in [0.5, 0.6) is 0 Å². The maximum atomic E-state index is 11.7. The number of hydrogen-bond acceptors (Lipinski definition) is 3. The molecule has 0 aromatic heterocycles. The van der Waals surface area contributed by atoms with Gasteiger partial charge in [-0.15, -0.1) is 0 Å². The zero-order valence-corrected chi connectivity index (χ0v) is 11.9. The van der Waals surface area contributed by atoms with Gasteiger partial charge in [0.25, 0.3) is 0 Å². The lowest BCUT2D eigenvalue weighted by molar-refractivity contribution is -0.155. The number of ether oxygens (including phenoxy) is 1. The summed E-state index contributed by atoms with van der Waals surface area (Å²) in [5, 5.41) is 0. The highest BCUT2D eigenvalue weighted by molar-refractivity contribution is 5.71. The van der Waals surface area contributed by atoms with Gasteiger partial charge in [0.2, 0.25) is 0 Å². The van der Waals surface area contributed by atoms with Crippen molar-refractivity contribution in [3.05, 3.63) is 34.9 Å². The summed E-state index contributed by atoms with van der Waals surface area (Å²) in [7, 11) is 0. The number of esters is 1. The van der Waals surface area contributed by atoms with Gasteiger partial charge in [-0.2, -0.15) is 0 Å². The number of carbonyl (C=O) groups excluding carboxylic acids is 1. The quantitative estimate of drug-likeness (QED) is 0.838. The smallest absolute Gasteiger partial charge is 0.308 e. The van der Waals surface area contributed by atoms with Gasteiger partial charge >= 0.3 is 5.97 Å². The fourth-order valence-electron chi connectivity index (χ4n) is 1.85. The molecule has 0 saturated carbocycles. The summed E-state index contributed by atoms with van der Waals surface area (Å²) in [4.78, 5) is 11.7. The first kappa shape index (κ1) is 14.7. The van der Waals surface area contributed by atoms with E-state index in [0.29, 0.717) is 0 Å². The van der Waals surface area contributed by atoms with Crippen LogP contribution >= 0.6 is 0 Å². The zero-order chi connectivity index (χ0) is 13.9. The number of benzene rings is 1. The molecule has 1 rings (SSSR count). The minimum atomic E-state index is -0.460. The van der Waals surface area contributed by atoms with Gasteiger partial charge in [-0.25, -0.2) is 0 Å². The highest BCUT2D eigenvalue weighted by atomic mass is 16.6. The molecule has 100 valence electrons. The molecule has 0 saturated heterocycles. The molecule has 0 aliphatic rings. The first-order valence-electron chi connectivity index (χ1n) is 6.24. The Hall–Kier alpha value is -1.35. The summed E-state index contributed by atoms with van der Waals surface area (Å²) in [6.07, 6.45) is 0.210. The van der Waals surface area contributed by atoms with Crippen LogP contribution < -0.4 is 5.73 Å². The number of rotatable bonds is 3. The van der Waals surface area contributed by atoms with Crippen molar-refractivity contribution in [2.45, 2.75) is 52.7 Å². The summed E-state index contributed by atoms with van der Waals surface area (Å²) in [6.45, 7) is 9.63. The minimum absolute atomic E-state index is 0.210.